The topological polar surface area (TPSA) is 117 Å². The summed E-state index contributed by atoms with van der Waals surface area (Å²) in [4.78, 5) is 27.4. The number of nitrogens with one attached hydrogen (secondary N) is 1. The molecule has 0 amide bonds. The highest BCUT2D eigenvalue weighted by molar-refractivity contribution is 7.94. The van der Waals surface area contributed by atoms with Gasteiger partial charge in [-0.1, -0.05) is 0 Å². The molecule has 0 aromatic rings. The van der Waals surface area contributed by atoms with Crippen molar-refractivity contribution in [2.24, 2.45) is 0 Å². The Kier molecular flexibility index (Phi) is 14.7. The smallest absolute Gasteiger partial charge is 0.307 e. The molecule has 11 heteroatoms. The first-order valence-corrected chi connectivity index (χ1v) is 11.1. The molecule has 0 aliphatic rings. The monoisotopic (exact) mass is 415 g/mol. The van der Waals surface area contributed by atoms with Crippen molar-refractivity contribution in [2.75, 3.05) is 31.3 Å². The zero-order chi connectivity index (χ0) is 19.8. The van der Waals surface area contributed by atoms with Crippen LogP contribution in [0.5, 0.6) is 0 Å². The molecule has 0 bridgehead atoms. The first-order valence-electron chi connectivity index (χ1n) is 8.50. The number of carbonyl (C=O) groups is 2. The van der Waals surface area contributed by atoms with Gasteiger partial charge in [-0.2, -0.15) is 4.33 Å². The van der Waals surface area contributed by atoms with Crippen LogP contribution in [0.2, 0.25) is 0 Å². The summed E-state index contributed by atoms with van der Waals surface area (Å²) in [6.07, 6.45) is 0.810. The molecule has 0 aliphatic carbocycles. The van der Waals surface area contributed by atoms with Gasteiger partial charge < -0.3 is 9.47 Å². The molecule has 0 saturated carbocycles. The van der Waals surface area contributed by atoms with E-state index in [0.29, 0.717) is 25.2 Å². The van der Waals surface area contributed by atoms with Crippen LogP contribution in [0.25, 0.3) is 0 Å². The van der Waals surface area contributed by atoms with E-state index < -0.39 is 16.0 Å². The Labute approximate surface area is 159 Å². The molecule has 0 aromatic heterocycles. The van der Waals surface area contributed by atoms with Crippen molar-refractivity contribution in [1.29, 1.82) is 0 Å². The number of ether oxygens (including phenoxy) is 2. The summed E-state index contributed by atoms with van der Waals surface area (Å²) < 4.78 is 40.3. The van der Waals surface area contributed by atoms with Crippen molar-refractivity contribution in [3.8, 4) is 0 Å². The van der Waals surface area contributed by atoms with Gasteiger partial charge in [0, 0.05) is 30.8 Å². The molecule has 0 rings (SSSR count). The summed E-state index contributed by atoms with van der Waals surface area (Å²) >= 11 is 1.05. The first kappa shape index (κ1) is 25.1. The molecular formula is C15H29NO8S2. The SMILES string of the molecule is CCOC(=O)CCCOC(=O)CCNS(=O)(=O)CCCSOOC(C)C. The van der Waals surface area contributed by atoms with Crippen LogP contribution in [-0.2, 0) is 38.3 Å². The fourth-order valence-corrected chi connectivity index (χ4v) is 3.34. The van der Waals surface area contributed by atoms with E-state index in [2.05, 4.69) is 4.72 Å². The van der Waals surface area contributed by atoms with Crippen LogP contribution >= 0.6 is 12.0 Å². The summed E-state index contributed by atoms with van der Waals surface area (Å²) in [5, 5.41) is 0. The summed E-state index contributed by atoms with van der Waals surface area (Å²) in [7, 11) is -3.45. The van der Waals surface area contributed by atoms with Crippen molar-refractivity contribution < 1.29 is 36.7 Å². The standard InChI is InChI=1S/C15H29NO8S2/c1-4-21-14(17)7-5-10-22-15(18)8-9-16-26(19,20)12-6-11-25-24-23-13(2)3/h13,16H,4-12H2,1-3H3. The maximum absolute atomic E-state index is 11.8. The van der Waals surface area contributed by atoms with Crippen LogP contribution in [-0.4, -0.2) is 57.7 Å². The molecule has 0 aromatic carbocycles. The molecule has 9 nitrogen and oxygen atoms in total. The highest BCUT2D eigenvalue weighted by Crippen LogP contribution is 2.07. The van der Waals surface area contributed by atoms with E-state index in [9.17, 15) is 18.0 Å². The number of esters is 2. The van der Waals surface area contributed by atoms with Gasteiger partial charge in [-0.15, -0.1) is 0 Å². The second-order valence-corrected chi connectivity index (χ2v) is 8.19. The Balaban J connectivity index is 3.67. The van der Waals surface area contributed by atoms with Crippen LogP contribution in [0, 0.1) is 0 Å². The molecule has 0 radical (unpaired) electrons. The van der Waals surface area contributed by atoms with Gasteiger partial charge >= 0.3 is 11.9 Å². The van der Waals surface area contributed by atoms with Gasteiger partial charge in [0.2, 0.25) is 10.0 Å². The van der Waals surface area contributed by atoms with Gasteiger partial charge in [0.25, 0.3) is 0 Å². The zero-order valence-corrected chi connectivity index (χ0v) is 17.2. The third-order valence-electron chi connectivity index (χ3n) is 2.67. The molecule has 0 heterocycles. The van der Waals surface area contributed by atoms with Crippen LogP contribution in [0.15, 0.2) is 0 Å². The zero-order valence-electron chi connectivity index (χ0n) is 15.5. The van der Waals surface area contributed by atoms with E-state index in [-0.39, 0.29) is 43.8 Å². The van der Waals surface area contributed by atoms with E-state index in [0.717, 1.165) is 12.0 Å². The van der Waals surface area contributed by atoms with E-state index in [1.165, 1.54) is 0 Å². The van der Waals surface area contributed by atoms with Crippen molar-refractivity contribution in [2.45, 2.75) is 52.6 Å². The van der Waals surface area contributed by atoms with E-state index in [4.69, 9.17) is 18.7 Å². The Morgan fingerprint density at radius 3 is 2.42 bits per heavy atom. The molecule has 0 saturated heterocycles. The maximum Gasteiger partial charge on any atom is 0.307 e. The number of hydrogen-bond donors (Lipinski definition) is 1. The third-order valence-corrected chi connectivity index (χ3v) is 4.77. The Bertz CT molecular complexity index is 496. The molecule has 26 heavy (non-hydrogen) atoms. The molecule has 1 N–H and O–H groups in total. The van der Waals surface area contributed by atoms with Gasteiger partial charge in [0.1, 0.15) is 0 Å². The minimum Gasteiger partial charge on any atom is -0.466 e. The number of hydrogen-bond acceptors (Lipinski definition) is 9. The van der Waals surface area contributed by atoms with Gasteiger partial charge in [-0.05, 0) is 33.6 Å². The maximum atomic E-state index is 11.8. The first-order chi connectivity index (χ1) is 12.3. The Morgan fingerprint density at radius 1 is 1.08 bits per heavy atom. The van der Waals surface area contributed by atoms with Crippen molar-refractivity contribution in [3.63, 3.8) is 0 Å². The largest absolute Gasteiger partial charge is 0.466 e. The lowest BCUT2D eigenvalue weighted by Gasteiger charge is -2.08. The molecule has 154 valence electrons. The van der Waals surface area contributed by atoms with Gasteiger partial charge in [0.05, 0.1) is 31.5 Å². The van der Waals surface area contributed by atoms with E-state index in [1.807, 2.05) is 13.8 Å². The average Bonchev–Trinajstić information content (AvgIpc) is 2.54. The van der Waals surface area contributed by atoms with Crippen LogP contribution in [0.1, 0.15) is 46.5 Å². The summed E-state index contributed by atoms with van der Waals surface area (Å²) in [5.41, 5.74) is 0. The summed E-state index contributed by atoms with van der Waals surface area (Å²) in [6.45, 7) is 5.74. The highest BCUT2D eigenvalue weighted by Gasteiger charge is 2.12. The lowest BCUT2D eigenvalue weighted by Crippen LogP contribution is -2.29. The molecule has 0 aliphatic heterocycles. The minimum absolute atomic E-state index is 0.0286. The second kappa shape index (κ2) is 15.2. The number of rotatable bonds is 16. The normalized spacial score (nSPS) is 11.5. The van der Waals surface area contributed by atoms with Crippen LogP contribution in [0.3, 0.4) is 0 Å². The Hall–Kier alpha value is -0.880. The van der Waals surface area contributed by atoms with E-state index in [1.54, 1.807) is 6.92 Å². The predicted molar refractivity (Wildman–Crippen MR) is 97.6 cm³/mol. The number of carbonyl (C=O) groups excluding carboxylic acids is 2. The fourth-order valence-electron chi connectivity index (χ4n) is 1.54. The fraction of sp³-hybridized carbons (Fsp3) is 0.867. The lowest BCUT2D eigenvalue weighted by molar-refractivity contribution is -0.220. The molecule has 0 unspecified atom stereocenters. The lowest BCUT2D eigenvalue weighted by atomic mass is 10.3. The quantitative estimate of drug-likeness (QED) is 0.132. The second-order valence-electron chi connectivity index (χ2n) is 5.48. The molecule has 0 spiro atoms. The van der Waals surface area contributed by atoms with Crippen molar-refractivity contribution in [3.05, 3.63) is 0 Å². The Morgan fingerprint density at radius 2 is 1.77 bits per heavy atom. The minimum atomic E-state index is -3.45. The highest BCUT2D eigenvalue weighted by atomic mass is 32.2. The van der Waals surface area contributed by atoms with E-state index >= 15 is 0 Å². The van der Waals surface area contributed by atoms with Crippen LogP contribution in [0.4, 0.5) is 0 Å². The van der Waals surface area contributed by atoms with Gasteiger partial charge in [0.15, 0.2) is 0 Å². The van der Waals surface area contributed by atoms with Crippen LogP contribution < -0.4 is 4.72 Å². The molecular weight excluding hydrogens is 386 g/mol. The van der Waals surface area contributed by atoms with Gasteiger partial charge in [-0.3, -0.25) is 9.59 Å². The van der Waals surface area contributed by atoms with Crippen molar-refractivity contribution in [1.82, 2.24) is 4.72 Å². The summed E-state index contributed by atoms with van der Waals surface area (Å²) in [6, 6.07) is 0. The molecule has 0 fully saturated rings. The summed E-state index contributed by atoms with van der Waals surface area (Å²) in [5.74, 6) is -0.461. The number of sulfonamides is 1. The average molecular weight is 416 g/mol. The predicted octanol–water partition coefficient (Wildman–Crippen LogP) is 1.58. The third kappa shape index (κ3) is 16.6. The molecule has 0 atom stereocenters. The van der Waals surface area contributed by atoms with Gasteiger partial charge in [-0.25, -0.2) is 18.0 Å². The van der Waals surface area contributed by atoms with Crippen molar-refractivity contribution >= 4 is 34.0 Å².